The molecule has 20 heavy (non-hydrogen) atoms. The van der Waals surface area contributed by atoms with E-state index in [0.717, 1.165) is 24.4 Å². The molecule has 0 radical (unpaired) electrons. The number of benzene rings is 2. The number of hydrogen-bond donors (Lipinski definition) is 2. The molecule has 1 unspecified atom stereocenters. The van der Waals surface area contributed by atoms with Crippen molar-refractivity contribution in [1.82, 2.24) is 5.32 Å². The van der Waals surface area contributed by atoms with Crippen molar-refractivity contribution in [3.05, 3.63) is 64.7 Å². The molecule has 2 aromatic carbocycles. The standard InChI is InChI=1S/C17H20ClNO/c1-2-19-16(11-13-6-8-17(20)9-7-13)12-14-4-3-5-15(18)10-14/h3-10,16,19-20H,2,11-12H2,1H3. The van der Waals surface area contributed by atoms with Crippen molar-refractivity contribution in [3.63, 3.8) is 0 Å². The second-order valence-corrected chi connectivity index (χ2v) is 5.40. The van der Waals surface area contributed by atoms with Gasteiger partial charge in [-0.2, -0.15) is 0 Å². The molecule has 2 N–H and O–H groups in total. The predicted octanol–water partition coefficient (Wildman–Crippen LogP) is 3.81. The monoisotopic (exact) mass is 289 g/mol. The fourth-order valence-corrected chi connectivity index (χ4v) is 2.58. The Bertz CT molecular complexity index is 539. The van der Waals surface area contributed by atoms with E-state index in [1.165, 1.54) is 11.1 Å². The summed E-state index contributed by atoms with van der Waals surface area (Å²) in [5, 5.41) is 13.6. The van der Waals surface area contributed by atoms with Crippen molar-refractivity contribution in [2.24, 2.45) is 0 Å². The van der Waals surface area contributed by atoms with Gasteiger partial charge in [-0.05, 0) is 54.8 Å². The number of hydrogen-bond acceptors (Lipinski definition) is 2. The van der Waals surface area contributed by atoms with Crippen LogP contribution in [0, 0.1) is 0 Å². The first-order chi connectivity index (χ1) is 9.67. The van der Waals surface area contributed by atoms with Gasteiger partial charge in [-0.15, -0.1) is 0 Å². The maximum Gasteiger partial charge on any atom is 0.115 e. The van der Waals surface area contributed by atoms with Gasteiger partial charge in [0.15, 0.2) is 0 Å². The van der Waals surface area contributed by atoms with Crippen LogP contribution in [0.4, 0.5) is 0 Å². The Labute approximate surface area is 125 Å². The third-order valence-electron chi connectivity index (χ3n) is 3.28. The van der Waals surface area contributed by atoms with E-state index in [-0.39, 0.29) is 0 Å². The molecular formula is C17H20ClNO. The summed E-state index contributed by atoms with van der Waals surface area (Å²) < 4.78 is 0. The molecule has 0 bridgehead atoms. The van der Waals surface area contributed by atoms with Gasteiger partial charge in [0.05, 0.1) is 0 Å². The second-order valence-electron chi connectivity index (χ2n) is 4.96. The van der Waals surface area contributed by atoms with E-state index >= 15 is 0 Å². The van der Waals surface area contributed by atoms with Crippen molar-refractivity contribution < 1.29 is 5.11 Å². The zero-order valence-electron chi connectivity index (χ0n) is 11.6. The molecule has 106 valence electrons. The van der Waals surface area contributed by atoms with Crippen molar-refractivity contribution >= 4 is 11.6 Å². The lowest BCUT2D eigenvalue weighted by Gasteiger charge is -2.18. The van der Waals surface area contributed by atoms with E-state index in [1.54, 1.807) is 12.1 Å². The van der Waals surface area contributed by atoms with Crippen LogP contribution in [0.3, 0.4) is 0 Å². The molecule has 0 saturated heterocycles. The molecule has 0 spiro atoms. The molecule has 0 amide bonds. The third-order valence-corrected chi connectivity index (χ3v) is 3.52. The molecule has 0 aliphatic rings. The van der Waals surface area contributed by atoms with E-state index < -0.39 is 0 Å². The lowest BCUT2D eigenvalue weighted by Crippen LogP contribution is -2.33. The van der Waals surface area contributed by atoms with Crippen molar-refractivity contribution in [2.75, 3.05) is 6.54 Å². The van der Waals surface area contributed by atoms with Gasteiger partial charge in [0.25, 0.3) is 0 Å². The van der Waals surface area contributed by atoms with Gasteiger partial charge < -0.3 is 10.4 Å². The number of aromatic hydroxyl groups is 1. The summed E-state index contributed by atoms with van der Waals surface area (Å²) in [7, 11) is 0. The highest BCUT2D eigenvalue weighted by Crippen LogP contribution is 2.16. The van der Waals surface area contributed by atoms with Crippen LogP contribution in [-0.2, 0) is 12.8 Å². The van der Waals surface area contributed by atoms with Crippen molar-refractivity contribution in [3.8, 4) is 5.75 Å². The highest BCUT2D eigenvalue weighted by atomic mass is 35.5. The molecular weight excluding hydrogens is 270 g/mol. The molecule has 1 atom stereocenters. The molecule has 2 aromatic rings. The maximum atomic E-state index is 9.33. The molecule has 2 rings (SSSR count). The van der Waals surface area contributed by atoms with E-state index in [1.807, 2.05) is 30.3 Å². The van der Waals surface area contributed by atoms with Crippen LogP contribution in [0.25, 0.3) is 0 Å². The summed E-state index contributed by atoms with van der Waals surface area (Å²) >= 11 is 6.03. The summed E-state index contributed by atoms with van der Waals surface area (Å²) in [5.41, 5.74) is 2.46. The van der Waals surface area contributed by atoms with Crippen LogP contribution in [0.15, 0.2) is 48.5 Å². The number of phenolic OH excluding ortho intramolecular Hbond substituents is 1. The van der Waals surface area contributed by atoms with Crippen LogP contribution in [0.5, 0.6) is 5.75 Å². The zero-order valence-corrected chi connectivity index (χ0v) is 12.4. The Morgan fingerprint density at radius 1 is 1.05 bits per heavy atom. The average molecular weight is 290 g/mol. The molecule has 3 heteroatoms. The Morgan fingerprint density at radius 3 is 2.40 bits per heavy atom. The summed E-state index contributed by atoms with van der Waals surface area (Å²) in [6.07, 6.45) is 1.87. The van der Waals surface area contributed by atoms with Gasteiger partial charge in [0, 0.05) is 11.1 Å². The predicted molar refractivity (Wildman–Crippen MR) is 84.4 cm³/mol. The first-order valence-corrected chi connectivity index (χ1v) is 7.31. The molecule has 0 heterocycles. The van der Waals surface area contributed by atoms with Gasteiger partial charge in [0.2, 0.25) is 0 Å². The first kappa shape index (κ1) is 14.9. The number of rotatable bonds is 6. The minimum absolute atomic E-state index is 0.309. The minimum atomic E-state index is 0.309. The lowest BCUT2D eigenvalue weighted by atomic mass is 9.99. The van der Waals surface area contributed by atoms with E-state index in [2.05, 4.69) is 18.3 Å². The van der Waals surface area contributed by atoms with Gasteiger partial charge in [-0.1, -0.05) is 42.8 Å². The topological polar surface area (TPSA) is 32.3 Å². The summed E-state index contributed by atoms with van der Waals surface area (Å²) in [4.78, 5) is 0. The van der Waals surface area contributed by atoms with Crippen LogP contribution >= 0.6 is 11.6 Å². The zero-order chi connectivity index (χ0) is 14.4. The Balaban J connectivity index is 2.05. The van der Waals surface area contributed by atoms with Crippen LogP contribution in [-0.4, -0.2) is 17.7 Å². The molecule has 0 aliphatic carbocycles. The summed E-state index contributed by atoms with van der Waals surface area (Å²) in [6.45, 7) is 3.05. The van der Waals surface area contributed by atoms with Gasteiger partial charge in [-0.25, -0.2) is 0 Å². The van der Waals surface area contributed by atoms with E-state index in [4.69, 9.17) is 11.6 Å². The SMILES string of the molecule is CCNC(Cc1ccc(O)cc1)Cc1cccc(Cl)c1. The van der Waals surface area contributed by atoms with E-state index in [9.17, 15) is 5.11 Å². The van der Waals surface area contributed by atoms with Gasteiger partial charge in [-0.3, -0.25) is 0 Å². The van der Waals surface area contributed by atoms with Crippen LogP contribution in [0.1, 0.15) is 18.1 Å². The van der Waals surface area contributed by atoms with Crippen LogP contribution < -0.4 is 5.32 Å². The quantitative estimate of drug-likeness (QED) is 0.847. The Kier molecular flexibility index (Phi) is 5.45. The average Bonchev–Trinajstić information content (AvgIpc) is 2.42. The molecule has 0 aromatic heterocycles. The third kappa shape index (κ3) is 4.55. The summed E-state index contributed by atoms with van der Waals surface area (Å²) in [6, 6.07) is 15.8. The van der Waals surface area contributed by atoms with Gasteiger partial charge in [0.1, 0.15) is 5.75 Å². The highest BCUT2D eigenvalue weighted by molar-refractivity contribution is 6.30. The first-order valence-electron chi connectivity index (χ1n) is 6.93. The van der Waals surface area contributed by atoms with Crippen LogP contribution in [0.2, 0.25) is 5.02 Å². The largest absolute Gasteiger partial charge is 0.508 e. The van der Waals surface area contributed by atoms with Crippen molar-refractivity contribution in [2.45, 2.75) is 25.8 Å². The summed E-state index contributed by atoms with van der Waals surface area (Å²) in [5.74, 6) is 0.309. The minimum Gasteiger partial charge on any atom is -0.508 e. The molecule has 0 saturated carbocycles. The highest BCUT2D eigenvalue weighted by Gasteiger charge is 2.10. The Morgan fingerprint density at radius 2 is 1.75 bits per heavy atom. The second kappa shape index (κ2) is 7.32. The number of phenols is 1. The number of halogens is 1. The van der Waals surface area contributed by atoms with Gasteiger partial charge >= 0.3 is 0 Å². The lowest BCUT2D eigenvalue weighted by molar-refractivity contribution is 0.474. The molecule has 2 nitrogen and oxygen atoms in total. The Hall–Kier alpha value is -1.51. The molecule has 0 fully saturated rings. The normalized spacial score (nSPS) is 12.3. The smallest absolute Gasteiger partial charge is 0.115 e. The fourth-order valence-electron chi connectivity index (χ4n) is 2.37. The van der Waals surface area contributed by atoms with Crippen molar-refractivity contribution in [1.29, 1.82) is 0 Å². The number of nitrogens with one attached hydrogen (secondary N) is 1. The van der Waals surface area contributed by atoms with E-state index in [0.29, 0.717) is 11.8 Å². The molecule has 0 aliphatic heterocycles. The maximum absolute atomic E-state index is 9.33. The fraction of sp³-hybridized carbons (Fsp3) is 0.294. The number of likely N-dealkylation sites (N-methyl/N-ethyl adjacent to an activating group) is 1.